The van der Waals surface area contributed by atoms with E-state index < -0.39 is 6.10 Å². The van der Waals surface area contributed by atoms with Crippen molar-refractivity contribution in [2.75, 3.05) is 18.2 Å². The second kappa shape index (κ2) is 11.5. The highest BCUT2D eigenvalue weighted by Gasteiger charge is 2.22. The SMILES string of the molecule is COc1ccc(OC(C)c2nnc(SCC(=O)Nc3cc(Cl)ccc3Cl)n2-c2ccccc2)cc1. The first kappa shape index (κ1) is 24.9. The third-order valence-corrected chi connectivity index (χ3v) is 6.44. The van der Waals surface area contributed by atoms with Crippen LogP contribution in [0, 0.1) is 0 Å². The first-order valence-electron chi connectivity index (χ1n) is 10.6. The van der Waals surface area contributed by atoms with Crippen molar-refractivity contribution >= 4 is 46.6 Å². The van der Waals surface area contributed by atoms with Gasteiger partial charge in [0, 0.05) is 10.7 Å². The van der Waals surface area contributed by atoms with Crippen molar-refractivity contribution in [3.8, 4) is 17.2 Å². The second-order valence-corrected chi connectivity index (χ2v) is 9.19. The number of thioether (sulfide) groups is 1. The number of carbonyl (C=O) groups is 1. The molecule has 1 atom stereocenters. The van der Waals surface area contributed by atoms with E-state index in [2.05, 4.69) is 15.5 Å². The molecule has 7 nitrogen and oxygen atoms in total. The van der Waals surface area contributed by atoms with Gasteiger partial charge in [-0.3, -0.25) is 9.36 Å². The van der Waals surface area contributed by atoms with Gasteiger partial charge in [-0.2, -0.15) is 0 Å². The number of anilines is 1. The minimum atomic E-state index is -0.412. The zero-order valence-corrected chi connectivity index (χ0v) is 21.3. The highest BCUT2D eigenvalue weighted by atomic mass is 35.5. The minimum Gasteiger partial charge on any atom is -0.497 e. The number of methoxy groups -OCH3 is 1. The summed E-state index contributed by atoms with van der Waals surface area (Å²) in [6, 6.07) is 21.9. The molecular weight excluding hydrogens is 507 g/mol. The maximum atomic E-state index is 12.6. The number of para-hydroxylation sites is 1. The molecule has 1 aromatic heterocycles. The van der Waals surface area contributed by atoms with Crippen molar-refractivity contribution < 1.29 is 14.3 Å². The van der Waals surface area contributed by atoms with Gasteiger partial charge in [0.25, 0.3) is 0 Å². The summed E-state index contributed by atoms with van der Waals surface area (Å²) in [5.74, 6) is 1.88. The van der Waals surface area contributed by atoms with E-state index >= 15 is 0 Å². The lowest BCUT2D eigenvalue weighted by molar-refractivity contribution is -0.113. The van der Waals surface area contributed by atoms with Gasteiger partial charge in [-0.25, -0.2) is 0 Å². The van der Waals surface area contributed by atoms with Crippen LogP contribution in [0.2, 0.25) is 10.0 Å². The Balaban J connectivity index is 1.53. The number of carbonyl (C=O) groups excluding carboxylic acids is 1. The number of rotatable bonds is 9. The number of hydrogen-bond acceptors (Lipinski definition) is 6. The third-order valence-electron chi connectivity index (χ3n) is 4.94. The highest BCUT2D eigenvalue weighted by Crippen LogP contribution is 2.29. The fourth-order valence-corrected chi connectivity index (χ4v) is 4.37. The Kier molecular flexibility index (Phi) is 8.17. The lowest BCUT2D eigenvalue weighted by Crippen LogP contribution is -2.15. The van der Waals surface area contributed by atoms with E-state index in [1.165, 1.54) is 11.8 Å². The Morgan fingerprint density at radius 3 is 2.46 bits per heavy atom. The molecule has 4 aromatic rings. The van der Waals surface area contributed by atoms with Crippen molar-refractivity contribution in [1.82, 2.24) is 14.8 Å². The highest BCUT2D eigenvalue weighted by molar-refractivity contribution is 7.99. The number of hydrogen-bond donors (Lipinski definition) is 1. The summed E-state index contributed by atoms with van der Waals surface area (Å²) < 4.78 is 13.2. The maximum Gasteiger partial charge on any atom is 0.234 e. The monoisotopic (exact) mass is 528 g/mol. The number of aromatic nitrogens is 3. The molecule has 4 rings (SSSR count). The second-order valence-electron chi connectivity index (χ2n) is 7.41. The Labute approximate surface area is 217 Å². The van der Waals surface area contributed by atoms with E-state index in [9.17, 15) is 4.79 Å². The van der Waals surface area contributed by atoms with Crippen LogP contribution in [0.1, 0.15) is 18.9 Å². The van der Waals surface area contributed by atoms with Crippen LogP contribution in [0.5, 0.6) is 11.5 Å². The molecule has 0 fully saturated rings. The first-order valence-corrected chi connectivity index (χ1v) is 12.4. The molecule has 0 spiro atoms. The molecule has 180 valence electrons. The molecule has 0 bridgehead atoms. The van der Waals surface area contributed by atoms with Crippen LogP contribution in [0.4, 0.5) is 5.69 Å². The predicted octanol–water partition coefficient (Wildman–Crippen LogP) is 6.45. The van der Waals surface area contributed by atoms with Crippen molar-refractivity contribution in [3.63, 3.8) is 0 Å². The van der Waals surface area contributed by atoms with Crippen LogP contribution in [0.15, 0.2) is 78.0 Å². The topological polar surface area (TPSA) is 78.3 Å². The van der Waals surface area contributed by atoms with E-state index in [4.69, 9.17) is 32.7 Å². The van der Waals surface area contributed by atoms with Crippen molar-refractivity contribution in [1.29, 1.82) is 0 Å². The minimum absolute atomic E-state index is 0.0987. The van der Waals surface area contributed by atoms with Gasteiger partial charge in [-0.05, 0) is 61.5 Å². The third kappa shape index (κ3) is 6.28. The molecule has 0 saturated carbocycles. The quantitative estimate of drug-likeness (QED) is 0.251. The lowest BCUT2D eigenvalue weighted by Gasteiger charge is -2.17. The molecule has 10 heteroatoms. The van der Waals surface area contributed by atoms with Crippen molar-refractivity contribution in [2.24, 2.45) is 0 Å². The number of nitrogens with zero attached hydrogens (tertiary/aromatic N) is 3. The van der Waals surface area contributed by atoms with Gasteiger partial charge in [-0.1, -0.05) is 53.2 Å². The van der Waals surface area contributed by atoms with Crippen LogP contribution in [-0.4, -0.2) is 33.5 Å². The molecule has 1 amide bonds. The molecule has 35 heavy (non-hydrogen) atoms. The first-order chi connectivity index (χ1) is 16.9. The maximum absolute atomic E-state index is 12.6. The Bertz CT molecular complexity index is 1300. The zero-order chi connectivity index (χ0) is 24.8. The molecule has 0 saturated heterocycles. The average Bonchev–Trinajstić information content (AvgIpc) is 3.30. The average molecular weight is 529 g/mol. The molecular formula is C25H22Cl2N4O3S. The molecule has 3 aromatic carbocycles. The lowest BCUT2D eigenvalue weighted by atomic mass is 10.3. The van der Waals surface area contributed by atoms with Gasteiger partial charge in [0.1, 0.15) is 11.5 Å². The van der Waals surface area contributed by atoms with Crippen molar-refractivity contribution in [2.45, 2.75) is 18.2 Å². The standard InChI is InChI=1S/C25H22Cl2N4O3S/c1-16(34-20-11-9-19(33-2)10-12-20)24-29-30-25(31(24)18-6-4-3-5-7-18)35-15-23(32)28-22-14-17(26)8-13-21(22)27/h3-14,16H,15H2,1-2H3,(H,28,32). The number of halogens is 2. The van der Waals surface area contributed by atoms with Crippen LogP contribution >= 0.6 is 35.0 Å². The van der Waals surface area contributed by atoms with E-state index in [0.717, 1.165) is 11.4 Å². The summed E-state index contributed by atoms with van der Waals surface area (Å²) in [7, 11) is 1.61. The Morgan fingerprint density at radius 2 is 1.74 bits per heavy atom. The van der Waals surface area contributed by atoms with Crippen molar-refractivity contribution in [3.05, 3.63) is 88.7 Å². The van der Waals surface area contributed by atoms with E-state index in [1.807, 2.05) is 66.1 Å². The van der Waals surface area contributed by atoms with E-state index in [0.29, 0.717) is 32.5 Å². The summed E-state index contributed by atoms with van der Waals surface area (Å²) in [4.78, 5) is 12.6. The fourth-order valence-electron chi connectivity index (χ4n) is 3.28. The summed E-state index contributed by atoms with van der Waals surface area (Å²) in [5, 5.41) is 13.0. The molecule has 1 unspecified atom stereocenters. The molecule has 1 heterocycles. The van der Waals surface area contributed by atoms with E-state index in [1.54, 1.807) is 25.3 Å². The number of nitrogens with one attached hydrogen (secondary N) is 1. The van der Waals surface area contributed by atoms with Crippen LogP contribution in [-0.2, 0) is 4.79 Å². The smallest absolute Gasteiger partial charge is 0.234 e. The number of ether oxygens (including phenoxy) is 2. The van der Waals surface area contributed by atoms with Gasteiger partial charge in [0.15, 0.2) is 17.1 Å². The van der Waals surface area contributed by atoms with Gasteiger partial charge in [0.05, 0.1) is 23.6 Å². The zero-order valence-electron chi connectivity index (χ0n) is 18.9. The Hall–Kier alpha value is -3.20. The number of amides is 1. The fraction of sp³-hybridized carbons (Fsp3) is 0.160. The van der Waals surface area contributed by atoms with Crippen LogP contribution in [0.25, 0.3) is 5.69 Å². The summed E-state index contributed by atoms with van der Waals surface area (Å²) in [6.07, 6.45) is -0.412. The largest absolute Gasteiger partial charge is 0.497 e. The Morgan fingerprint density at radius 1 is 1.03 bits per heavy atom. The van der Waals surface area contributed by atoms with E-state index in [-0.39, 0.29) is 11.7 Å². The summed E-state index contributed by atoms with van der Waals surface area (Å²) in [5.41, 5.74) is 1.31. The van der Waals surface area contributed by atoms with Gasteiger partial charge >= 0.3 is 0 Å². The molecule has 0 aliphatic carbocycles. The van der Waals surface area contributed by atoms with Crippen LogP contribution < -0.4 is 14.8 Å². The summed E-state index contributed by atoms with van der Waals surface area (Å²) >= 11 is 13.4. The van der Waals surface area contributed by atoms with Gasteiger partial charge in [0.2, 0.25) is 5.91 Å². The van der Waals surface area contributed by atoms with Gasteiger partial charge in [-0.15, -0.1) is 10.2 Å². The predicted molar refractivity (Wildman–Crippen MR) is 139 cm³/mol. The number of benzene rings is 3. The van der Waals surface area contributed by atoms with Gasteiger partial charge < -0.3 is 14.8 Å². The molecule has 0 aliphatic rings. The molecule has 1 N–H and O–H groups in total. The normalized spacial score (nSPS) is 11.7. The molecule has 0 radical (unpaired) electrons. The molecule has 0 aliphatic heterocycles. The van der Waals surface area contributed by atoms with Crippen LogP contribution in [0.3, 0.4) is 0 Å². The summed E-state index contributed by atoms with van der Waals surface area (Å²) in [6.45, 7) is 1.90.